The van der Waals surface area contributed by atoms with Gasteiger partial charge in [-0.1, -0.05) is 23.2 Å². The number of hydrogen-bond acceptors (Lipinski definition) is 7. The molecular formula is C17H8Cl2N4O4S. The van der Waals surface area contributed by atoms with Crippen LogP contribution in [-0.4, -0.2) is 13.0 Å². The predicted molar refractivity (Wildman–Crippen MR) is 100 cm³/mol. The van der Waals surface area contributed by atoms with Gasteiger partial charge in [0.15, 0.2) is 5.57 Å². The Morgan fingerprint density at radius 1 is 1.04 bits per heavy atom. The fraction of sp³-hybridized carbons (Fsp3) is 0. The number of hydrogen-bond donors (Lipinski definition) is 2. The van der Waals surface area contributed by atoms with Gasteiger partial charge in [0.05, 0.1) is 10.7 Å². The van der Waals surface area contributed by atoms with Gasteiger partial charge in [0.1, 0.15) is 40.3 Å². The summed E-state index contributed by atoms with van der Waals surface area (Å²) in [5.41, 5.74) is -1.28. The summed E-state index contributed by atoms with van der Waals surface area (Å²) in [5, 5.41) is 29.7. The van der Waals surface area contributed by atoms with Crippen LogP contribution in [0.25, 0.3) is 0 Å². The molecule has 0 atom stereocenters. The van der Waals surface area contributed by atoms with E-state index in [1.807, 2.05) is 0 Å². The molecular weight excluding hydrogens is 427 g/mol. The number of allylic oxidation sites excluding steroid dienone is 2. The highest BCUT2D eigenvalue weighted by Gasteiger charge is 2.19. The topological polar surface area (TPSA) is 147 Å². The van der Waals surface area contributed by atoms with Crippen molar-refractivity contribution in [2.75, 3.05) is 5.32 Å². The minimum atomic E-state index is -4.75. The van der Waals surface area contributed by atoms with E-state index in [2.05, 4.69) is 5.32 Å². The second kappa shape index (κ2) is 8.62. The summed E-state index contributed by atoms with van der Waals surface area (Å²) in [7, 11) is -4.75. The molecule has 2 N–H and O–H groups in total. The zero-order chi connectivity index (χ0) is 20.9. The summed E-state index contributed by atoms with van der Waals surface area (Å²) in [5.74, 6) is 0.188. The van der Waals surface area contributed by atoms with Gasteiger partial charge in [-0.25, -0.2) is 0 Å². The molecule has 0 aliphatic rings. The van der Waals surface area contributed by atoms with E-state index >= 15 is 0 Å². The molecule has 0 heterocycles. The molecule has 0 fully saturated rings. The number of ether oxygens (including phenoxy) is 1. The van der Waals surface area contributed by atoms with E-state index in [-0.39, 0.29) is 22.2 Å². The van der Waals surface area contributed by atoms with Gasteiger partial charge in [0, 0.05) is 11.1 Å². The minimum absolute atomic E-state index is 0.00525. The van der Waals surface area contributed by atoms with E-state index in [0.29, 0.717) is 5.02 Å². The maximum Gasteiger partial charge on any atom is 0.296 e. The SMILES string of the molecule is N#CC(C#N)=C(C#N)Nc1ccc(Oc2ccc(Cl)cc2Cl)cc1S(=O)(=O)O. The fourth-order valence-electron chi connectivity index (χ4n) is 1.99. The van der Waals surface area contributed by atoms with Gasteiger partial charge >= 0.3 is 0 Å². The Hall–Kier alpha value is -3.26. The van der Waals surface area contributed by atoms with Crippen LogP contribution in [0.5, 0.6) is 11.5 Å². The summed E-state index contributed by atoms with van der Waals surface area (Å²) < 4.78 is 38.5. The second-order valence-corrected chi connectivity index (χ2v) is 7.25. The number of anilines is 1. The van der Waals surface area contributed by atoms with Crippen molar-refractivity contribution in [3.8, 4) is 29.7 Å². The molecule has 28 heavy (non-hydrogen) atoms. The number of rotatable bonds is 5. The van der Waals surface area contributed by atoms with E-state index in [1.54, 1.807) is 6.07 Å². The highest BCUT2D eigenvalue weighted by molar-refractivity contribution is 7.86. The predicted octanol–water partition coefficient (Wildman–Crippen LogP) is 4.27. The minimum Gasteiger partial charge on any atom is -0.456 e. The Labute approximate surface area is 170 Å². The molecule has 0 radical (unpaired) electrons. The Balaban J connectivity index is 2.51. The molecule has 0 aliphatic carbocycles. The summed E-state index contributed by atoms with van der Waals surface area (Å²) in [4.78, 5) is -0.641. The van der Waals surface area contributed by atoms with Crippen LogP contribution in [0.1, 0.15) is 0 Å². The van der Waals surface area contributed by atoms with Crippen molar-refractivity contribution in [1.29, 1.82) is 15.8 Å². The van der Waals surface area contributed by atoms with Crippen LogP contribution in [-0.2, 0) is 10.1 Å². The lowest BCUT2D eigenvalue weighted by Crippen LogP contribution is -2.07. The van der Waals surface area contributed by atoms with E-state index in [9.17, 15) is 13.0 Å². The standard InChI is InChI=1S/C17H8Cl2N4O4S/c18-11-1-4-16(13(19)5-11)27-12-2-3-14(17(6-12)28(24,25)26)23-15(9-22)10(7-20)8-21/h1-6,23H,(H,24,25,26). The lowest BCUT2D eigenvalue weighted by Gasteiger charge is -2.13. The molecule has 2 rings (SSSR count). The van der Waals surface area contributed by atoms with Crippen LogP contribution in [0, 0.1) is 34.0 Å². The van der Waals surface area contributed by atoms with Crippen molar-refractivity contribution in [2.24, 2.45) is 0 Å². The van der Waals surface area contributed by atoms with Crippen LogP contribution >= 0.6 is 23.2 Å². The number of nitrogens with one attached hydrogen (secondary N) is 1. The molecule has 2 aromatic carbocycles. The largest absolute Gasteiger partial charge is 0.456 e. The lowest BCUT2D eigenvalue weighted by molar-refractivity contribution is 0.472. The third kappa shape index (κ3) is 4.92. The summed E-state index contributed by atoms with van der Waals surface area (Å²) in [6.45, 7) is 0. The summed E-state index contributed by atoms with van der Waals surface area (Å²) in [6, 6.07) is 12.5. The first-order valence-corrected chi connectivity index (χ1v) is 9.35. The normalized spacial score (nSPS) is 10.1. The average molecular weight is 435 g/mol. The third-order valence-electron chi connectivity index (χ3n) is 3.20. The highest BCUT2D eigenvalue weighted by atomic mass is 35.5. The zero-order valence-electron chi connectivity index (χ0n) is 13.6. The van der Waals surface area contributed by atoms with Crippen molar-refractivity contribution in [3.05, 3.63) is 57.7 Å². The van der Waals surface area contributed by atoms with Crippen LogP contribution in [0.15, 0.2) is 52.6 Å². The zero-order valence-corrected chi connectivity index (χ0v) is 16.0. The lowest BCUT2D eigenvalue weighted by atomic mass is 10.2. The average Bonchev–Trinajstić information content (AvgIpc) is 2.64. The summed E-state index contributed by atoms with van der Waals surface area (Å²) >= 11 is 11.8. The molecule has 0 unspecified atom stereocenters. The Bertz CT molecular complexity index is 1190. The van der Waals surface area contributed by atoms with Crippen molar-refractivity contribution in [3.63, 3.8) is 0 Å². The summed E-state index contributed by atoms with van der Waals surface area (Å²) in [6.07, 6.45) is 0. The molecule has 0 saturated carbocycles. The molecule has 0 amide bonds. The molecule has 0 saturated heterocycles. The van der Waals surface area contributed by atoms with Crippen LogP contribution in [0.2, 0.25) is 10.0 Å². The number of benzene rings is 2. The number of halogens is 2. The van der Waals surface area contributed by atoms with Gasteiger partial charge in [0.2, 0.25) is 0 Å². The molecule has 11 heteroatoms. The second-order valence-electron chi connectivity index (χ2n) is 5.02. The molecule has 0 bridgehead atoms. The number of nitriles is 3. The molecule has 0 spiro atoms. The Morgan fingerprint density at radius 3 is 2.25 bits per heavy atom. The van der Waals surface area contributed by atoms with Gasteiger partial charge in [-0.15, -0.1) is 0 Å². The van der Waals surface area contributed by atoms with Crippen LogP contribution < -0.4 is 10.1 Å². The third-order valence-corrected chi connectivity index (χ3v) is 4.62. The first-order chi connectivity index (χ1) is 13.2. The number of nitrogens with zero attached hydrogens (tertiary/aromatic N) is 3. The van der Waals surface area contributed by atoms with Crippen LogP contribution in [0.3, 0.4) is 0 Å². The van der Waals surface area contributed by atoms with E-state index < -0.39 is 26.3 Å². The molecule has 140 valence electrons. The van der Waals surface area contributed by atoms with Gasteiger partial charge in [-0.2, -0.15) is 24.2 Å². The van der Waals surface area contributed by atoms with E-state index in [1.165, 1.54) is 42.5 Å². The van der Waals surface area contributed by atoms with Gasteiger partial charge in [-0.3, -0.25) is 4.55 Å². The van der Waals surface area contributed by atoms with Gasteiger partial charge < -0.3 is 10.1 Å². The maximum atomic E-state index is 11.7. The maximum absolute atomic E-state index is 11.7. The van der Waals surface area contributed by atoms with E-state index in [4.69, 9.17) is 43.7 Å². The van der Waals surface area contributed by atoms with Gasteiger partial charge in [0.25, 0.3) is 10.1 Å². The quantitative estimate of drug-likeness (QED) is 0.523. The van der Waals surface area contributed by atoms with Crippen molar-refractivity contribution in [2.45, 2.75) is 4.90 Å². The Morgan fingerprint density at radius 2 is 1.71 bits per heavy atom. The monoisotopic (exact) mass is 434 g/mol. The smallest absolute Gasteiger partial charge is 0.296 e. The molecule has 0 aromatic heterocycles. The molecule has 0 aliphatic heterocycles. The molecule has 2 aromatic rings. The fourth-order valence-corrected chi connectivity index (χ4v) is 3.09. The van der Waals surface area contributed by atoms with Crippen molar-refractivity contribution in [1.82, 2.24) is 0 Å². The van der Waals surface area contributed by atoms with E-state index in [0.717, 1.165) is 6.07 Å². The van der Waals surface area contributed by atoms with Crippen molar-refractivity contribution < 1.29 is 17.7 Å². The van der Waals surface area contributed by atoms with Gasteiger partial charge in [-0.05, 0) is 30.3 Å². The first kappa shape index (κ1) is 21.0. The Kier molecular flexibility index (Phi) is 6.48. The highest BCUT2D eigenvalue weighted by Crippen LogP contribution is 2.34. The van der Waals surface area contributed by atoms with Crippen molar-refractivity contribution >= 4 is 39.0 Å². The first-order valence-electron chi connectivity index (χ1n) is 7.15. The molecule has 8 nitrogen and oxygen atoms in total. The van der Waals surface area contributed by atoms with Crippen LogP contribution in [0.4, 0.5) is 5.69 Å².